The van der Waals surface area contributed by atoms with Gasteiger partial charge in [-0.1, -0.05) is 12.1 Å². The van der Waals surface area contributed by atoms with Crippen LogP contribution in [0.3, 0.4) is 0 Å². The summed E-state index contributed by atoms with van der Waals surface area (Å²) in [5.41, 5.74) is 0.847. The van der Waals surface area contributed by atoms with Gasteiger partial charge in [0.15, 0.2) is 5.78 Å². The van der Waals surface area contributed by atoms with Crippen molar-refractivity contribution in [2.24, 2.45) is 11.8 Å². The Kier molecular flexibility index (Phi) is 4.76. The summed E-state index contributed by atoms with van der Waals surface area (Å²) in [6, 6.07) is 9.55. The van der Waals surface area contributed by atoms with Gasteiger partial charge in [-0.3, -0.25) is 9.59 Å². The Morgan fingerprint density at radius 1 is 1.50 bits per heavy atom. The van der Waals surface area contributed by atoms with E-state index in [1.165, 1.54) is 0 Å². The fraction of sp³-hybridized carbons (Fsp3) is 0.400. The number of carbonyl (C=O) groups is 2. The lowest BCUT2D eigenvalue weighted by Gasteiger charge is -2.32. The number of amides is 1. The van der Waals surface area contributed by atoms with Crippen LogP contribution in [0.25, 0.3) is 0 Å². The third kappa shape index (κ3) is 2.85. The van der Waals surface area contributed by atoms with Crippen LogP contribution >= 0.6 is 22.6 Å². The molecule has 1 fully saturated rings. The average Bonchev–Trinajstić information content (AvgIpc) is 2.47. The first kappa shape index (κ1) is 15.0. The minimum atomic E-state index is -0.723. The van der Waals surface area contributed by atoms with E-state index < -0.39 is 11.8 Å². The molecule has 0 aromatic heterocycles. The van der Waals surface area contributed by atoms with Crippen LogP contribution in [0.1, 0.15) is 19.8 Å². The van der Waals surface area contributed by atoms with Gasteiger partial charge < -0.3 is 4.90 Å². The molecule has 104 valence electrons. The number of hydrogen-bond donors (Lipinski definition) is 0. The Labute approximate surface area is 131 Å². The van der Waals surface area contributed by atoms with Crippen LogP contribution in [-0.4, -0.2) is 18.2 Å². The summed E-state index contributed by atoms with van der Waals surface area (Å²) in [5, 5.41) is 8.85. The zero-order valence-electron chi connectivity index (χ0n) is 11.2. The molecule has 1 aliphatic heterocycles. The molecule has 0 radical (unpaired) electrons. The molecule has 1 aromatic carbocycles. The van der Waals surface area contributed by atoms with Crippen LogP contribution in [0.15, 0.2) is 24.3 Å². The quantitative estimate of drug-likeness (QED) is 0.597. The number of ketones is 1. The number of halogens is 1. The second kappa shape index (κ2) is 6.35. The fourth-order valence-corrected chi connectivity index (χ4v) is 3.09. The molecule has 1 amide bonds. The first-order chi connectivity index (χ1) is 9.56. The number of benzene rings is 1. The minimum absolute atomic E-state index is 0.174. The summed E-state index contributed by atoms with van der Waals surface area (Å²) >= 11 is 2.19. The Bertz CT molecular complexity index is 579. The second-order valence-electron chi connectivity index (χ2n) is 4.89. The van der Waals surface area contributed by atoms with Crippen molar-refractivity contribution in [3.05, 3.63) is 27.8 Å². The van der Waals surface area contributed by atoms with Crippen LogP contribution < -0.4 is 4.90 Å². The molecule has 1 aliphatic rings. The lowest BCUT2D eigenvalue weighted by molar-refractivity contribution is -0.135. The van der Waals surface area contributed by atoms with Crippen molar-refractivity contribution in [1.29, 1.82) is 5.26 Å². The number of Topliss-reactive ketones (excluding diaryl/α,β-unsaturated/α-hetero) is 1. The van der Waals surface area contributed by atoms with Crippen molar-refractivity contribution >= 4 is 40.0 Å². The van der Waals surface area contributed by atoms with Crippen molar-refractivity contribution in [3.63, 3.8) is 0 Å². The smallest absolute Gasteiger partial charge is 0.237 e. The highest BCUT2D eigenvalue weighted by molar-refractivity contribution is 14.1. The predicted octanol–water partition coefficient (Wildman–Crippen LogP) is 2.76. The molecular weight excluding hydrogens is 367 g/mol. The second-order valence-corrected chi connectivity index (χ2v) is 6.05. The van der Waals surface area contributed by atoms with Crippen LogP contribution in [0.4, 0.5) is 5.69 Å². The first-order valence-corrected chi connectivity index (χ1v) is 7.63. The van der Waals surface area contributed by atoms with Gasteiger partial charge in [-0.05, 0) is 54.5 Å². The maximum atomic E-state index is 12.5. The standard InChI is InChI=1S/C15H15IN2O2/c1-10(9-17)14(19)11-5-4-8-18(15(11)20)13-7-3-2-6-12(13)16/h2-3,6-7,10-11H,4-5,8H2,1H3/t10-,11-/m1/s1. The van der Waals surface area contributed by atoms with E-state index in [0.29, 0.717) is 13.0 Å². The van der Waals surface area contributed by atoms with Crippen molar-refractivity contribution in [1.82, 2.24) is 0 Å². The molecule has 0 spiro atoms. The Morgan fingerprint density at radius 2 is 2.20 bits per heavy atom. The summed E-state index contributed by atoms with van der Waals surface area (Å²) in [7, 11) is 0. The number of para-hydroxylation sites is 1. The highest BCUT2D eigenvalue weighted by Crippen LogP contribution is 2.29. The zero-order valence-corrected chi connectivity index (χ0v) is 13.3. The monoisotopic (exact) mass is 382 g/mol. The van der Waals surface area contributed by atoms with Crippen molar-refractivity contribution in [3.8, 4) is 6.07 Å². The van der Waals surface area contributed by atoms with Gasteiger partial charge in [-0.15, -0.1) is 0 Å². The Hall–Kier alpha value is -1.42. The van der Waals surface area contributed by atoms with E-state index in [-0.39, 0.29) is 11.7 Å². The number of hydrogen-bond acceptors (Lipinski definition) is 3. The van der Waals surface area contributed by atoms with Gasteiger partial charge in [0.25, 0.3) is 0 Å². The van der Waals surface area contributed by atoms with Gasteiger partial charge in [0.1, 0.15) is 5.92 Å². The Morgan fingerprint density at radius 3 is 2.85 bits per heavy atom. The molecule has 5 heteroatoms. The number of anilines is 1. The van der Waals surface area contributed by atoms with Gasteiger partial charge in [0.05, 0.1) is 17.7 Å². The van der Waals surface area contributed by atoms with Crippen LogP contribution in [0.2, 0.25) is 0 Å². The minimum Gasteiger partial charge on any atom is -0.311 e. The normalized spacial score (nSPS) is 20.4. The summed E-state index contributed by atoms with van der Waals surface area (Å²) < 4.78 is 0.986. The number of rotatable bonds is 3. The van der Waals surface area contributed by atoms with E-state index in [1.807, 2.05) is 30.3 Å². The summed E-state index contributed by atoms with van der Waals surface area (Å²) in [5.74, 6) is -1.83. The van der Waals surface area contributed by atoms with Crippen LogP contribution in [0.5, 0.6) is 0 Å². The molecule has 2 atom stereocenters. The van der Waals surface area contributed by atoms with E-state index in [4.69, 9.17) is 5.26 Å². The molecule has 2 rings (SSSR count). The molecular formula is C15H15IN2O2. The number of piperidine rings is 1. The highest BCUT2D eigenvalue weighted by Gasteiger charge is 2.37. The summed E-state index contributed by atoms with van der Waals surface area (Å²) in [6.45, 7) is 2.18. The number of carbonyl (C=O) groups excluding carboxylic acids is 2. The van der Waals surface area contributed by atoms with Crippen LogP contribution in [0, 0.1) is 26.7 Å². The maximum Gasteiger partial charge on any atom is 0.237 e. The largest absolute Gasteiger partial charge is 0.311 e. The molecule has 0 N–H and O–H groups in total. The molecule has 0 aliphatic carbocycles. The number of nitrogens with zero attached hydrogens (tertiary/aromatic N) is 2. The number of nitriles is 1. The zero-order chi connectivity index (χ0) is 14.7. The van der Waals surface area contributed by atoms with Crippen LogP contribution in [-0.2, 0) is 9.59 Å². The van der Waals surface area contributed by atoms with Gasteiger partial charge in [0, 0.05) is 10.1 Å². The fourth-order valence-electron chi connectivity index (χ4n) is 2.41. The van der Waals surface area contributed by atoms with Crippen molar-refractivity contribution in [2.75, 3.05) is 11.4 Å². The molecule has 1 saturated heterocycles. The van der Waals surface area contributed by atoms with Gasteiger partial charge in [-0.25, -0.2) is 0 Å². The van der Waals surface area contributed by atoms with E-state index in [9.17, 15) is 9.59 Å². The molecule has 1 aromatic rings. The van der Waals surface area contributed by atoms with E-state index in [1.54, 1.807) is 11.8 Å². The van der Waals surface area contributed by atoms with E-state index in [0.717, 1.165) is 15.7 Å². The van der Waals surface area contributed by atoms with Crippen molar-refractivity contribution in [2.45, 2.75) is 19.8 Å². The Balaban J connectivity index is 2.26. The van der Waals surface area contributed by atoms with E-state index >= 15 is 0 Å². The van der Waals surface area contributed by atoms with Crippen molar-refractivity contribution < 1.29 is 9.59 Å². The predicted molar refractivity (Wildman–Crippen MR) is 84.0 cm³/mol. The van der Waals surface area contributed by atoms with Gasteiger partial charge in [-0.2, -0.15) is 5.26 Å². The first-order valence-electron chi connectivity index (χ1n) is 6.55. The molecule has 1 heterocycles. The van der Waals surface area contributed by atoms with E-state index in [2.05, 4.69) is 22.6 Å². The van der Waals surface area contributed by atoms with Gasteiger partial charge in [0.2, 0.25) is 5.91 Å². The molecule has 0 unspecified atom stereocenters. The summed E-state index contributed by atoms with van der Waals surface area (Å²) in [6.07, 6.45) is 1.33. The highest BCUT2D eigenvalue weighted by atomic mass is 127. The van der Waals surface area contributed by atoms with Gasteiger partial charge >= 0.3 is 0 Å². The topological polar surface area (TPSA) is 61.2 Å². The lowest BCUT2D eigenvalue weighted by atomic mass is 9.87. The molecule has 0 saturated carbocycles. The molecule has 0 bridgehead atoms. The third-order valence-electron chi connectivity index (χ3n) is 3.55. The third-order valence-corrected chi connectivity index (χ3v) is 4.46. The lowest BCUT2D eigenvalue weighted by Crippen LogP contribution is -2.45. The average molecular weight is 382 g/mol. The summed E-state index contributed by atoms with van der Waals surface area (Å²) in [4.78, 5) is 26.3. The SMILES string of the molecule is C[C@H](C#N)C(=O)[C@H]1CCCN(c2ccccc2I)C1=O. The molecule has 20 heavy (non-hydrogen) atoms. The molecule has 4 nitrogen and oxygen atoms in total. The maximum absolute atomic E-state index is 12.5.